The van der Waals surface area contributed by atoms with Gasteiger partial charge in [-0.05, 0) is 54.4 Å². The summed E-state index contributed by atoms with van der Waals surface area (Å²) in [5.41, 5.74) is -1.13. The van der Waals surface area contributed by atoms with Gasteiger partial charge in [0.2, 0.25) is 0 Å². The van der Waals surface area contributed by atoms with Crippen molar-refractivity contribution < 1.29 is 28.0 Å². The Bertz CT molecular complexity index is 408. The van der Waals surface area contributed by atoms with Crippen LogP contribution < -0.4 is 0 Å². The number of rotatable bonds is 11. The van der Waals surface area contributed by atoms with E-state index in [2.05, 4.69) is 0 Å². The Balaban J connectivity index is 3.55. The summed E-state index contributed by atoms with van der Waals surface area (Å²) in [7, 11) is -3.96. The van der Waals surface area contributed by atoms with Crippen molar-refractivity contribution in [2.75, 3.05) is 6.61 Å². The highest BCUT2D eigenvalue weighted by Crippen LogP contribution is 2.47. The van der Waals surface area contributed by atoms with E-state index < -0.39 is 19.0 Å². The van der Waals surface area contributed by atoms with Crippen molar-refractivity contribution in [2.24, 2.45) is 0 Å². The first-order chi connectivity index (χ1) is 10.8. The van der Waals surface area contributed by atoms with E-state index in [1.165, 1.54) is 0 Å². The van der Waals surface area contributed by atoms with Crippen LogP contribution in [0.1, 0.15) is 86.5 Å². The Kier molecular flexibility index (Phi) is 10.4. The van der Waals surface area contributed by atoms with Gasteiger partial charge in [-0.2, -0.15) is 0 Å². The number of unbranched alkanes of at least 4 members (excludes halogenated alkanes) is 5. The van der Waals surface area contributed by atoms with Gasteiger partial charge >= 0.3 is 13.8 Å². The predicted molar refractivity (Wildman–Crippen MR) is 94.8 cm³/mol. The average Bonchev–Trinajstić information content (AvgIpc) is 2.31. The van der Waals surface area contributed by atoms with Gasteiger partial charge in [0.25, 0.3) is 0 Å². The second-order valence-corrected chi connectivity index (χ2v) is 9.34. The third kappa shape index (κ3) is 16.4. The molecule has 0 aliphatic rings. The largest absolute Gasteiger partial charge is 0.472 e. The van der Waals surface area contributed by atoms with E-state index in [0.29, 0.717) is 12.8 Å². The Morgan fingerprint density at radius 2 is 1.38 bits per heavy atom. The van der Waals surface area contributed by atoms with Crippen LogP contribution in [0.3, 0.4) is 0 Å². The van der Waals surface area contributed by atoms with E-state index in [-0.39, 0.29) is 12.6 Å². The highest BCUT2D eigenvalue weighted by atomic mass is 31.2. The van der Waals surface area contributed by atoms with Crippen molar-refractivity contribution in [3.8, 4) is 0 Å². The molecule has 1 unspecified atom stereocenters. The second kappa shape index (κ2) is 10.5. The Hall–Kier alpha value is -0.420. The summed E-state index contributed by atoms with van der Waals surface area (Å²) in [4.78, 5) is 21.0. The number of hydrogen-bond donors (Lipinski definition) is 1. The number of carbonyl (C=O) groups excluding carboxylic acids is 1. The minimum Gasteiger partial charge on any atom is -0.460 e. The zero-order valence-electron chi connectivity index (χ0n) is 16.1. The maximum absolute atomic E-state index is 11.6. The molecule has 24 heavy (non-hydrogen) atoms. The minimum absolute atomic E-state index is 0.145. The van der Waals surface area contributed by atoms with E-state index in [0.717, 1.165) is 32.1 Å². The predicted octanol–water partition coefficient (Wildman–Crippen LogP) is 4.99. The van der Waals surface area contributed by atoms with Crippen LogP contribution in [0.5, 0.6) is 0 Å². The van der Waals surface area contributed by atoms with Crippen molar-refractivity contribution in [3.05, 3.63) is 0 Å². The number of hydrogen-bond acceptors (Lipinski definition) is 5. The van der Waals surface area contributed by atoms with Gasteiger partial charge in [0.05, 0.1) is 12.2 Å². The summed E-state index contributed by atoms with van der Waals surface area (Å²) < 4.78 is 26.8. The topological polar surface area (TPSA) is 82.1 Å². The smallest absolute Gasteiger partial charge is 0.460 e. The molecule has 0 aliphatic carbocycles. The molecular formula is C17H35O6P. The summed E-state index contributed by atoms with van der Waals surface area (Å²) in [6.45, 7) is 10.9. The summed E-state index contributed by atoms with van der Waals surface area (Å²) in [5, 5.41) is 0. The minimum atomic E-state index is -3.96. The van der Waals surface area contributed by atoms with Crippen LogP contribution in [0.4, 0.5) is 0 Å². The molecule has 0 amide bonds. The van der Waals surface area contributed by atoms with Crippen molar-refractivity contribution in [1.82, 2.24) is 0 Å². The highest BCUT2D eigenvalue weighted by molar-refractivity contribution is 7.47. The van der Waals surface area contributed by atoms with Gasteiger partial charge in [0.1, 0.15) is 5.60 Å². The molecule has 0 radical (unpaired) electrons. The van der Waals surface area contributed by atoms with Crippen LogP contribution in [0.25, 0.3) is 0 Å². The number of phosphoric acid groups is 1. The van der Waals surface area contributed by atoms with E-state index in [4.69, 9.17) is 13.8 Å². The molecule has 0 fully saturated rings. The number of phosphoric ester groups is 1. The molecule has 0 saturated heterocycles. The van der Waals surface area contributed by atoms with Crippen molar-refractivity contribution >= 4 is 13.8 Å². The Labute approximate surface area is 146 Å². The van der Waals surface area contributed by atoms with Crippen molar-refractivity contribution in [2.45, 2.75) is 97.7 Å². The third-order valence-electron chi connectivity index (χ3n) is 2.84. The maximum atomic E-state index is 11.6. The average molecular weight is 366 g/mol. The van der Waals surface area contributed by atoms with E-state index >= 15 is 0 Å². The number of esters is 1. The molecule has 1 atom stereocenters. The van der Waals surface area contributed by atoms with E-state index in [1.54, 1.807) is 20.8 Å². The number of ether oxygens (including phenoxy) is 1. The molecular weight excluding hydrogens is 331 g/mol. The first-order valence-electron chi connectivity index (χ1n) is 8.71. The zero-order valence-corrected chi connectivity index (χ0v) is 17.0. The fraction of sp³-hybridized carbons (Fsp3) is 0.941. The molecule has 0 heterocycles. The van der Waals surface area contributed by atoms with Gasteiger partial charge in [-0.1, -0.05) is 25.7 Å². The number of carbonyl (C=O) groups is 1. The molecule has 7 heteroatoms. The lowest BCUT2D eigenvalue weighted by atomic mass is 10.1. The quantitative estimate of drug-likeness (QED) is 0.315. The summed E-state index contributed by atoms with van der Waals surface area (Å²) in [5.74, 6) is -0.145. The maximum Gasteiger partial charge on any atom is 0.472 e. The monoisotopic (exact) mass is 366 g/mol. The molecule has 1 N–H and O–H groups in total. The lowest BCUT2D eigenvalue weighted by molar-refractivity contribution is -0.154. The molecule has 0 aromatic heterocycles. The molecule has 0 aromatic carbocycles. The molecule has 0 aromatic rings. The van der Waals surface area contributed by atoms with E-state index in [9.17, 15) is 14.3 Å². The molecule has 0 spiro atoms. The van der Waals surface area contributed by atoms with Crippen LogP contribution >= 0.6 is 7.82 Å². The standard InChI is InChI=1S/C17H35O6P/c1-16(2,3)22-15(18)13-11-9-7-8-10-12-14-21-24(19,20)23-17(4,5)6/h7-14H2,1-6H3,(H,19,20). The zero-order chi connectivity index (χ0) is 18.9. The lowest BCUT2D eigenvalue weighted by Crippen LogP contribution is -2.23. The van der Waals surface area contributed by atoms with Crippen molar-refractivity contribution in [1.29, 1.82) is 0 Å². The summed E-state index contributed by atoms with van der Waals surface area (Å²) >= 11 is 0. The normalized spacial score (nSPS) is 15.1. The first kappa shape index (κ1) is 23.6. The first-order valence-corrected chi connectivity index (χ1v) is 10.2. The van der Waals surface area contributed by atoms with Crippen molar-refractivity contribution in [3.63, 3.8) is 0 Å². The third-order valence-corrected chi connectivity index (χ3v) is 4.13. The fourth-order valence-corrected chi connectivity index (χ4v) is 3.13. The van der Waals surface area contributed by atoms with Gasteiger partial charge in [0.15, 0.2) is 0 Å². The molecule has 6 nitrogen and oxygen atoms in total. The summed E-state index contributed by atoms with van der Waals surface area (Å²) in [6, 6.07) is 0. The van der Waals surface area contributed by atoms with Gasteiger partial charge < -0.3 is 9.63 Å². The molecule has 0 aliphatic heterocycles. The Morgan fingerprint density at radius 3 is 1.88 bits per heavy atom. The molecule has 0 rings (SSSR count). The SMILES string of the molecule is CC(C)(C)OC(=O)CCCCCCCCOP(=O)(O)OC(C)(C)C. The molecule has 144 valence electrons. The van der Waals surface area contributed by atoms with Crippen LogP contribution in [0.2, 0.25) is 0 Å². The van der Waals surface area contributed by atoms with Gasteiger partial charge in [-0.15, -0.1) is 0 Å². The van der Waals surface area contributed by atoms with Crippen LogP contribution in [0.15, 0.2) is 0 Å². The summed E-state index contributed by atoms with van der Waals surface area (Å²) in [6.07, 6.45) is 5.93. The Morgan fingerprint density at radius 1 is 0.875 bits per heavy atom. The van der Waals surface area contributed by atoms with Crippen LogP contribution in [0, 0.1) is 0 Å². The second-order valence-electron chi connectivity index (χ2n) is 7.96. The van der Waals surface area contributed by atoms with Gasteiger partial charge in [-0.3, -0.25) is 13.8 Å². The van der Waals surface area contributed by atoms with Crippen LogP contribution in [-0.4, -0.2) is 28.7 Å². The lowest BCUT2D eigenvalue weighted by Gasteiger charge is -2.22. The molecule has 0 saturated carbocycles. The fourth-order valence-electron chi connectivity index (χ4n) is 2.02. The molecule has 0 bridgehead atoms. The highest BCUT2D eigenvalue weighted by Gasteiger charge is 2.28. The van der Waals surface area contributed by atoms with Gasteiger partial charge in [0, 0.05) is 6.42 Å². The van der Waals surface area contributed by atoms with Crippen LogP contribution in [-0.2, 0) is 23.1 Å². The van der Waals surface area contributed by atoms with Gasteiger partial charge in [-0.25, -0.2) is 4.57 Å². The van der Waals surface area contributed by atoms with E-state index in [1.807, 2.05) is 20.8 Å².